The zero-order valence-electron chi connectivity index (χ0n) is 29.3. The van der Waals surface area contributed by atoms with Crippen molar-refractivity contribution in [2.24, 2.45) is 0 Å². The highest BCUT2D eigenvalue weighted by atomic mass is 16.3. The fraction of sp³-hybridized carbons (Fsp3) is 0. The minimum absolute atomic E-state index is 0.684. The summed E-state index contributed by atoms with van der Waals surface area (Å²) in [6.07, 6.45) is 0. The molecule has 8 aromatic carbocycles. The first kappa shape index (κ1) is 31.4. The third kappa shape index (κ3) is 5.76. The smallest absolute Gasteiger partial charge is 0.160 e. The Morgan fingerprint density at radius 2 is 0.963 bits per heavy atom. The number of benzene rings is 8. The van der Waals surface area contributed by atoms with Crippen LogP contribution in [0.25, 0.3) is 77.7 Å². The molecule has 0 spiro atoms. The van der Waals surface area contributed by atoms with Crippen LogP contribution in [0.3, 0.4) is 0 Å². The molecule has 2 aromatic heterocycles. The molecule has 0 atom stereocenters. The van der Waals surface area contributed by atoms with E-state index in [1.807, 2.05) is 24.3 Å². The summed E-state index contributed by atoms with van der Waals surface area (Å²) in [6.45, 7) is 0. The van der Waals surface area contributed by atoms with Crippen LogP contribution in [-0.2, 0) is 0 Å². The lowest BCUT2D eigenvalue weighted by atomic mass is 10.00. The van der Waals surface area contributed by atoms with Crippen LogP contribution in [0.5, 0.6) is 0 Å². The number of rotatable bonds is 7. The summed E-state index contributed by atoms with van der Waals surface area (Å²) in [5.74, 6) is 0.684. The Kier molecular flexibility index (Phi) is 7.77. The summed E-state index contributed by atoms with van der Waals surface area (Å²) in [4.78, 5) is 12.5. The third-order valence-electron chi connectivity index (χ3n) is 10.1. The number of aromatic nitrogens is 2. The maximum Gasteiger partial charge on any atom is 0.160 e. The van der Waals surface area contributed by atoms with E-state index in [1.54, 1.807) is 0 Å². The van der Waals surface area contributed by atoms with Crippen molar-refractivity contribution in [3.63, 3.8) is 0 Å². The molecule has 0 saturated carbocycles. The zero-order chi connectivity index (χ0) is 35.8. The predicted octanol–water partition coefficient (Wildman–Crippen LogP) is 13.7. The van der Waals surface area contributed by atoms with Crippen LogP contribution < -0.4 is 4.90 Å². The number of para-hydroxylation sites is 1. The minimum Gasteiger partial charge on any atom is -0.456 e. The highest BCUT2D eigenvalue weighted by molar-refractivity contribution is 6.07. The molecule has 54 heavy (non-hydrogen) atoms. The first-order valence-corrected chi connectivity index (χ1v) is 18.2. The van der Waals surface area contributed by atoms with E-state index in [1.165, 1.54) is 16.5 Å². The molecule has 0 bridgehead atoms. The molecule has 0 fully saturated rings. The average Bonchev–Trinajstić information content (AvgIpc) is 3.62. The minimum atomic E-state index is 0.684. The van der Waals surface area contributed by atoms with Crippen LogP contribution >= 0.6 is 0 Å². The Morgan fingerprint density at radius 1 is 0.352 bits per heavy atom. The third-order valence-corrected chi connectivity index (χ3v) is 10.1. The van der Waals surface area contributed by atoms with Crippen LogP contribution in [0.1, 0.15) is 0 Å². The highest BCUT2D eigenvalue weighted by Crippen LogP contribution is 2.40. The van der Waals surface area contributed by atoms with Crippen LogP contribution in [0.4, 0.5) is 17.1 Å². The van der Waals surface area contributed by atoms with Gasteiger partial charge in [-0.2, -0.15) is 0 Å². The van der Waals surface area contributed by atoms with Gasteiger partial charge in [0.1, 0.15) is 11.2 Å². The van der Waals surface area contributed by atoms with E-state index in [0.29, 0.717) is 5.82 Å². The number of fused-ring (bicyclic) bond motifs is 4. The summed E-state index contributed by atoms with van der Waals surface area (Å²) in [5, 5.41) is 4.44. The molecule has 254 valence electrons. The molecule has 10 aromatic rings. The predicted molar refractivity (Wildman–Crippen MR) is 223 cm³/mol. The summed E-state index contributed by atoms with van der Waals surface area (Å²) in [6, 6.07) is 69.7. The van der Waals surface area contributed by atoms with Gasteiger partial charge in [-0.05, 0) is 82.6 Å². The van der Waals surface area contributed by atoms with E-state index in [-0.39, 0.29) is 0 Å². The molecule has 0 radical (unpaired) electrons. The van der Waals surface area contributed by atoms with Crippen molar-refractivity contribution in [1.82, 2.24) is 9.97 Å². The van der Waals surface area contributed by atoms with Gasteiger partial charge in [0.15, 0.2) is 5.82 Å². The molecular weight excluding hydrogens is 659 g/mol. The van der Waals surface area contributed by atoms with E-state index in [2.05, 4.69) is 181 Å². The maximum atomic E-state index is 6.55. The fourth-order valence-electron chi connectivity index (χ4n) is 7.42. The number of nitrogens with zero attached hydrogens (tertiary/aromatic N) is 3. The second-order valence-electron chi connectivity index (χ2n) is 13.4. The van der Waals surface area contributed by atoms with Crippen molar-refractivity contribution in [3.05, 3.63) is 200 Å². The molecule has 2 heterocycles. The van der Waals surface area contributed by atoms with Crippen LogP contribution in [0.15, 0.2) is 205 Å². The standard InChI is InChI=1S/C50H33N3O/c1-4-13-34(14-5-1)35-23-26-40(27-24-35)53(39-19-8-3-9-20-39)41-28-30-48-45(32-41)44-29-25-38(31-49(44)54-48)46-33-47(52-50(51-46)37-16-6-2-7-17-37)43-22-12-18-36-15-10-11-21-42(36)43/h1-33H. The molecule has 0 N–H and O–H groups in total. The molecule has 0 aliphatic rings. The van der Waals surface area contributed by atoms with Crippen molar-refractivity contribution in [1.29, 1.82) is 0 Å². The average molecular weight is 692 g/mol. The van der Waals surface area contributed by atoms with Gasteiger partial charge < -0.3 is 9.32 Å². The molecule has 0 aliphatic carbocycles. The SMILES string of the molecule is c1ccc(-c2ccc(N(c3ccccc3)c3ccc4oc5cc(-c6cc(-c7cccc8ccccc78)nc(-c7ccccc7)n6)ccc5c4c3)cc2)cc1. The molecule has 0 unspecified atom stereocenters. The first-order valence-electron chi connectivity index (χ1n) is 18.2. The van der Waals surface area contributed by atoms with E-state index in [9.17, 15) is 0 Å². The van der Waals surface area contributed by atoms with Gasteiger partial charge in [0.2, 0.25) is 0 Å². The van der Waals surface area contributed by atoms with E-state index in [0.717, 1.165) is 72.5 Å². The summed E-state index contributed by atoms with van der Waals surface area (Å²) in [7, 11) is 0. The Hall–Kier alpha value is -7.30. The van der Waals surface area contributed by atoms with Gasteiger partial charge >= 0.3 is 0 Å². The van der Waals surface area contributed by atoms with Crippen molar-refractivity contribution < 1.29 is 4.42 Å². The van der Waals surface area contributed by atoms with E-state index in [4.69, 9.17) is 14.4 Å². The number of hydrogen-bond donors (Lipinski definition) is 0. The Bertz CT molecular complexity index is 2910. The fourth-order valence-corrected chi connectivity index (χ4v) is 7.42. The molecule has 0 amide bonds. The first-order chi connectivity index (χ1) is 26.7. The van der Waals surface area contributed by atoms with Gasteiger partial charge in [-0.1, -0.05) is 140 Å². The maximum absolute atomic E-state index is 6.55. The van der Waals surface area contributed by atoms with Gasteiger partial charge in [-0.25, -0.2) is 9.97 Å². The number of hydrogen-bond acceptors (Lipinski definition) is 4. The lowest BCUT2D eigenvalue weighted by molar-refractivity contribution is 0.669. The topological polar surface area (TPSA) is 42.2 Å². The Labute approximate surface area is 313 Å². The molecule has 10 rings (SSSR count). The number of anilines is 3. The van der Waals surface area contributed by atoms with Gasteiger partial charge in [0.05, 0.1) is 11.4 Å². The van der Waals surface area contributed by atoms with Gasteiger partial charge in [0, 0.05) is 44.5 Å². The van der Waals surface area contributed by atoms with Gasteiger partial charge in [0.25, 0.3) is 0 Å². The molecule has 0 aliphatic heterocycles. The molecule has 4 nitrogen and oxygen atoms in total. The lowest BCUT2D eigenvalue weighted by Gasteiger charge is -2.25. The zero-order valence-corrected chi connectivity index (χ0v) is 29.3. The monoisotopic (exact) mass is 691 g/mol. The molecular formula is C50H33N3O. The number of furan rings is 1. The van der Waals surface area contributed by atoms with Gasteiger partial charge in [-0.15, -0.1) is 0 Å². The Balaban J connectivity index is 1.07. The highest BCUT2D eigenvalue weighted by Gasteiger charge is 2.18. The Morgan fingerprint density at radius 3 is 1.76 bits per heavy atom. The largest absolute Gasteiger partial charge is 0.456 e. The van der Waals surface area contributed by atoms with Crippen molar-refractivity contribution >= 4 is 49.8 Å². The van der Waals surface area contributed by atoms with Crippen molar-refractivity contribution in [2.75, 3.05) is 4.90 Å². The lowest BCUT2D eigenvalue weighted by Crippen LogP contribution is -2.09. The van der Waals surface area contributed by atoms with E-state index >= 15 is 0 Å². The summed E-state index contributed by atoms with van der Waals surface area (Å²) in [5.41, 5.74) is 12.0. The van der Waals surface area contributed by atoms with Crippen LogP contribution in [0, 0.1) is 0 Å². The quantitative estimate of drug-likeness (QED) is 0.167. The second-order valence-corrected chi connectivity index (χ2v) is 13.4. The van der Waals surface area contributed by atoms with E-state index < -0.39 is 0 Å². The summed E-state index contributed by atoms with van der Waals surface area (Å²) >= 11 is 0. The van der Waals surface area contributed by atoms with Crippen LogP contribution in [-0.4, -0.2) is 9.97 Å². The van der Waals surface area contributed by atoms with Crippen molar-refractivity contribution in [3.8, 4) is 45.0 Å². The van der Waals surface area contributed by atoms with Crippen molar-refractivity contribution in [2.45, 2.75) is 0 Å². The van der Waals surface area contributed by atoms with Gasteiger partial charge in [-0.3, -0.25) is 0 Å². The normalized spacial score (nSPS) is 11.3. The molecule has 4 heteroatoms. The van der Waals surface area contributed by atoms with Crippen LogP contribution in [0.2, 0.25) is 0 Å². The second kappa shape index (κ2) is 13.4. The molecule has 0 saturated heterocycles. The summed E-state index contributed by atoms with van der Waals surface area (Å²) < 4.78 is 6.55.